The SMILES string of the molecule is O=C(c1ccc2cccc(F)c2n1)N1CCC[C@@](O)(CO)CC1. The number of amides is 1. The Labute approximate surface area is 133 Å². The summed E-state index contributed by atoms with van der Waals surface area (Å²) in [5, 5.41) is 20.1. The highest BCUT2D eigenvalue weighted by molar-refractivity contribution is 5.95. The van der Waals surface area contributed by atoms with Gasteiger partial charge in [-0.15, -0.1) is 0 Å². The molecule has 0 bridgehead atoms. The molecule has 3 rings (SSSR count). The number of halogens is 1. The predicted molar refractivity (Wildman–Crippen MR) is 83.5 cm³/mol. The third-order valence-electron chi connectivity index (χ3n) is 4.39. The van der Waals surface area contributed by atoms with E-state index in [0.29, 0.717) is 37.7 Å². The van der Waals surface area contributed by atoms with Crippen molar-refractivity contribution in [1.82, 2.24) is 9.88 Å². The Kier molecular flexibility index (Phi) is 4.28. The van der Waals surface area contributed by atoms with Crippen molar-refractivity contribution in [2.24, 2.45) is 0 Å². The van der Waals surface area contributed by atoms with E-state index < -0.39 is 11.4 Å². The van der Waals surface area contributed by atoms with E-state index in [9.17, 15) is 19.4 Å². The van der Waals surface area contributed by atoms with Crippen LogP contribution in [0.4, 0.5) is 4.39 Å². The number of fused-ring (bicyclic) bond motifs is 1. The fourth-order valence-corrected chi connectivity index (χ4v) is 2.93. The molecule has 0 radical (unpaired) electrons. The number of nitrogens with zero attached hydrogens (tertiary/aromatic N) is 2. The van der Waals surface area contributed by atoms with Crippen molar-refractivity contribution >= 4 is 16.8 Å². The zero-order chi connectivity index (χ0) is 16.4. The maximum absolute atomic E-state index is 13.8. The fourth-order valence-electron chi connectivity index (χ4n) is 2.93. The first-order chi connectivity index (χ1) is 11.0. The van der Waals surface area contributed by atoms with Crippen LogP contribution in [0, 0.1) is 5.82 Å². The number of likely N-dealkylation sites (tertiary alicyclic amines) is 1. The fraction of sp³-hybridized carbons (Fsp3) is 0.412. The molecule has 2 aromatic rings. The highest BCUT2D eigenvalue weighted by atomic mass is 19.1. The number of aliphatic hydroxyl groups is 2. The van der Waals surface area contributed by atoms with Crippen LogP contribution in [-0.4, -0.2) is 51.3 Å². The van der Waals surface area contributed by atoms with Crippen molar-refractivity contribution < 1.29 is 19.4 Å². The highest BCUT2D eigenvalue weighted by Gasteiger charge is 2.31. The zero-order valence-electron chi connectivity index (χ0n) is 12.7. The van der Waals surface area contributed by atoms with E-state index in [1.807, 2.05) is 0 Å². The van der Waals surface area contributed by atoms with Gasteiger partial charge in [0.25, 0.3) is 5.91 Å². The summed E-state index contributed by atoms with van der Waals surface area (Å²) in [6.07, 6.45) is 1.37. The molecule has 1 amide bonds. The van der Waals surface area contributed by atoms with E-state index >= 15 is 0 Å². The first-order valence-electron chi connectivity index (χ1n) is 7.70. The largest absolute Gasteiger partial charge is 0.393 e. The predicted octanol–water partition coefficient (Wildman–Crippen LogP) is 1.72. The first kappa shape index (κ1) is 15.8. The summed E-state index contributed by atoms with van der Waals surface area (Å²) in [4.78, 5) is 18.4. The third kappa shape index (κ3) is 3.18. The van der Waals surface area contributed by atoms with Crippen LogP contribution in [0.2, 0.25) is 0 Å². The average molecular weight is 318 g/mol. The molecule has 0 aliphatic carbocycles. The topological polar surface area (TPSA) is 73.7 Å². The summed E-state index contributed by atoms with van der Waals surface area (Å²) in [7, 11) is 0. The molecule has 0 spiro atoms. The molecule has 2 heterocycles. The van der Waals surface area contributed by atoms with Crippen LogP contribution in [0.5, 0.6) is 0 Å². The van der Waals surface area contributed by atoms with Gasteiger partial charge in [-0.1, -0.05) is 18.2 Å². The number of aromatic nitrogens is 1. The van der Waals surface area contributed by atoms with E-state index in [1.54, 1.807) is 29.2 Å². The lowest BCUT2D eigenvalue weighted by Crippen LogP contribution is -2.36. The number of para-hydroxylation sites is 1. The number of carbonyl (C=O) groups is 1. The maximum Gasteiger partial charge on any atom is 0.272 e. The molecular formula is C17H19FN2O3. The molecule has 1 aliphatic heterocycles. The van der Waals surface area contributed by atoms with Gasteiger partial charge >= 0.3 is 0 Å². The van der Waals surface area contributed by atoms with Crippen molar-refractivity contribution in [3.63, 3.8) is 0 Å². The van der Waals surface area contributed by atoms with Gasteiger partial charge in [-0.05, 0) is 31.4 Å². The minimum Gasteiger partial charge on any atom is -0.393 e. The normalized spacial score (nSPS) is 22.1. The first-order valence-corrected chi connectivity index (χ1v) is 7.70. The lowest BCUT2D eigenvalue weighted by molar-refractivity contribution is -0.0250. The zero-order valence-corrected chi connectivity index (χ0v) is 12.7. The van der Waals surface area contributed by atoms with Gasteiger partial charge in [0.1, 0.15) is 17.0 Å². The highest BCUT2D eigenvalue weighted by Crippen LogP contribution is 2.23. The summed E-state index contributed by atoms with van der Waals surface area (Å²) in [5.41, 5.74) is -0.755. The van der Waals surface area contributed by atoms with Crippen LogP contribution in [0.25, 0.3) is 10.9 Å². The molecule has 23 heavy (non-hydrogen) atoms. The molecule has 1 aromatic heterocycles. The number of hydrogen-bond donors (Lipinski definition) is 2. The number of pyridine rings is 1. The Bertz CT molecular complexity index is 737. The van der Waals surface area contributed by atoms with Crippen LogP contribution in [-0.2, 0) is 0 Å². The molecule has 5 nitrogen and oxygen atoms in total. The molecule has 2 N–H and O–H groups in total. The van der Waals surface area contributed by atoms with Gasteiger partial charge in [-0.2, -0.15) is 0 Å². The van der Waals surface area contributed by atoms with Gasteiger partial charge in [0.15, 0.2) is 0 Å². The van der Waals surface area contributed by atoms with Gasteiger partial charge in [0, 0.05) is 18.5 Å². The Morgan fingerprint density at radius 1 is 1.26 bits per heavy atom. The minimum absolute atomic E-state index is 0.181. The maximum atomic E-state index is 13.8. The molecule has 1 fully saturated rings. The Morgan fingerprint density at radius 3 is 2.87 bits per heavy atom. The van der Waals surface area contributed by atoms with E-state index in [4.69, 9.17) is 0 Å². The summed E-state index contributed by atoms with van der Waals surface area (Å²) >= 11 is 0. The van der Waals surface area contributed by atoms with Gasteiger partial charge < -0.3 is 15.1 Å². The Hall–Kier alpha value is -2.05. The van der Waals surface area contributed by atoms with Crippen LogP contribution in [0.15, 0.2) is 30.3 Å². The second kappa shape index (κ2) is 6.22. The Morgan fingerprint density at radius 2 is 2.09 bits per heavy atom. The molecule has 0 saturated carbocycles. The standard InChI is InChI=1S/C17H19FN2O3/c18-13-4-1-3-12-5-6-14(19-15(12)13)16(22)20-9-2-7-17(23,11-21)8-10-20/h1,3-6,21,23H,2,7-11H2/t17-/m0/s1. The molecule has 1 aliphatic rings. The smallest absolute Gasteiger partial charge is 0.272 e. The van der Waals surface area contributed by atoms with Crippen LogP contribution < -0.4 is 0 Å². The third-order valence-corrected chi connectivity index (χ3v) is 4.39. The van der Waals surface area contributed by atoms with Crippen molar-refractivity contribution in [3.05, 3.63) is 41.8 Å². The quantitative estimate of drug-likeness (QED) is 0.884. The number of carbonyl (C=O) groups excluding carboxylic acids is 1. The molecular weight excluding hydrogens is 299 g/mol. The van der Waals surface area contributed by atoms with E-state index in [-0.39, 0.29) is 23.7 Å². The second-order valence-corrected chi connectivity index (χ2v) is 6.04. The van der Waals surface area contributed by atoms with Gasteiger partial charge in [-0.3, -0.25) is 4.79 Å². The minimum atomic E-state index is -1.13. The molecule has 0 unspecified atom stereocenters. The lowest BCUT2D eigenvalue weighted by atomic mass is 9.96. The van der Waals surface area contributed by atoms with E-state index in [0.717, 1.165) is 0 Å². The van der Waals surface area contributed by atoms with Crippen LogP contribution >= 0.6 is 0 Å². The van der Waals surface area contributed by atoms with Gasteiger partial charge in [-0.25, -0.2) is 9.37 Å². The second-order valence-electron chi connectivity index (χ2n) is 6.04. The number of aliphatic hydroxyl groups excluding tert-OH is 1. The number of hydrogen-bond acceptors (Lipinski definition) is 4. The Balaban J connectivity index is 1.84. The number of rotatable bonds is 2. The molecule has 1 aromatic carbocycles. The summed E-state index contributed by atoms with van der Waals surface area (Å²) in [6.45, 7) is 0.513. The van der Waals surface area contributed by atoms with Gasteiger partial charge in [0.05, 0.1) is 12.2 Å². The summed E-state index contributed by atoms with van der Waals surface area (Å²) < 4.78 is 13.8. The summed E-state index contributed by atoms with van der Waals surface area (Å²) in [6, 6.07) is 7.93. The lowest BCUT2D eigenvalue weighted by Gasteiger charge is -2.24. The molecule has 6 heteroatoms. The number of benzene rings is 1. The van der Waals surface area contributed by atoms with Crippen molar-refractivity contribution in [2.75, 3.05) is 19.7 Å². The molecule has 1 saturated heterocycles. The van der Waals surface area contributed by atoms with E-state index in [1.165, 1.54) is 6.07 Å². The molecule has 122 valence electrons. The van der Waals surface area contributed by atoms with E-state index in [2.05, 4.69) is 4.98 Å². The van der Waals surface area contributed by atoms with Gasteiger partial charge in [0.2, 0.25) is 0 Å². The summed E-state index contributed by atoms with van der Waals surface area (Å²) in [5.74, 6) is -0.736. The van der Waals surface area contributed by atoms with Crippen LogP contribution in [0.1, 0.15) is 29.8 Å². The van der Waals surface area contributed by atoms with Crippen molar-refractivity contribution in [3.8, 4) is 0 Å². The van der Waals surface area contributed by atoms with Crippen molar-refractivity contribution in [2.45, 2.75) is 24.9 Å². The van der Waals surface area contributed by atoms with Crippen molar-refractivity contribution in [1.29, 1.82) is 0 Å². The average Bonchev–Trinajstić information content (AvgIpc) is 2.77. The monoisotopic (exact) mass is 318 g/mol. The molecule has 1 atom stereocenters. The van der Waals surface area contributed by atoms with Crippen LogP contribution in [0.3, 0.4) is 0 Å².